The van der Waals surface area contributed by atoms with Crippen LogP contribution in [-0.2, 0) is 0 Å². The Morgan fingerprint density at radius 1 is 1.25 bits per heavy atom. The molecule has 1 aromatic rings. The van der Waals surface area contributed by atoms with E-state index in [1.54, 1.807) is 0 Å². The monoisotopic (exact) mass is 274 g/mol. The standard InChI is InChI=1S/C15H18N2O3/c18-13(10-4-5-11(14(19)20)16-9-10)17-12-8-15(12)6-2-1-3-7-15/h4-5,9,12H,1-3,6-8H2,(H,17,18)(H,19,20). The first-order valence-corrected chi connectivity index (χ1v) is 7.11. The minimum Gasteiger partial charge on any atom is -0.477 e. The summed E-state index contributed by atoms with van der Waals surface area (Å²) in [5.74, 6) is -1.23. The highest BCUT2D eigenvalue weighted by Gasteiger charge is 2.54. The number of hydrogen-bond acceptors (Lipinski definition) is 3. The molecule has 0 aromatic carbocycles. The lowest BCUT2D eigenvalue weighted by atomic mass is 9.86. The van der Waals surface area contributed by atoms with E-state index in [4.69, 9.17) is 5.11 Å². The van der Waals surface area contributed by atoms with Crippen LogP contribution in [0.5, 0.6) is 0 Å². The SMILES string of the molecule is O=C(NC1CC12CCCCC2)c1ccc(C(=O)O)nc1. The van der Waals surface area contributed by atoms with Crippen LogP contribution in [0.25, 0.3) is 0 Å². The molecule has 0 saturated heterocycles. The molecule has 5 nitrogen and oxygen atoms in total. The fourth-order valence-corrected chi connectivity index (χ4v) is 3.26. The van der Waals surface area contributed by atoms with Gasteiger partial charge in [0.25, 0.3) is 5.91 Å². The molecule has 1 amide bonds. The molecule has 1 spiro atoms. The molecule has 1 atom stereocenters. The number of aromatic nitrogens is 1. The van der Waals surface area contributed by atoms with Gasteiger partial charge in [0, 0.05) is 12.2 Å². The van der Waals surface area contributed by atoms with E-state index in [1.807, 2.05) is 0 Å². The van der Waals surface area contributed by atoms with Gasteiger partial charge in [0.1, 0.15) is 5.69 Å². The van der Waals surface area contributed by atoms with E-state index in [2.05, 4.69) is 10.3 Å². The molecule has 2 N–H and O–H groups in total. The van der Waals surface area contributed by atoms with E-state index in [0.29, 0.717) is 11.0 Å². The Morgan fingerprint density at radius 2 is 2.00 bits per heavy atom. The lowest BCUT2D eigenvalue weighted by Gasteiger charge is -2.22. The molecule has 0 bridgehead atoms. The van der Waals surface area contributed by atoms with Crippen LogP contribution in [0.15, 0.2) is 18.3 Å². The Morgan fingerprint density at radius 3 is 2.60 bits per heavy atom. The van der Waals surface area contributed by atoms with Crippen LogP contribution in [0.1, 0.15) is 59.4 Å². The van der Waals surface area contributed by atoms with Gasteiger partial charge in [0.15, 0.2) is 0 Å². The number of carbonyl (C=O) groups excluding carboxylic acids is 1. The smallest absolute Gasteiger partial charge is 0.354 e. The molecule has 1 unspecified atom stereocenters. The maximum Gasteiger partial charge on any atom is 0.354 e. The van der Waals surface area contributed by atoms with Crippen LogP contribution in [0, 0.1) is 5.41 Å². The zero-order valence-corrected chi connectivity index (χ0v) is 11.3. The first-order chi connectivity index (χ1) is 9.61. The lowest BCUT2D eigenvalue weighted by molar-refractivity contribution is 0.0689. The lowest BCUT2D eigenvalue weighted by Crippen LogP contribution is -2.30. The van der Waals surface area contributed by atoms with Crippen molar-refractivity contribution in [2.24, 2.45) is 5.41 Å². The van der Waals surface area contributed by atoms with Crippen LogP contribution in [0.4, 0.5) is 0 Å². The average molecular weight is 274 g/mol. The second-order valence-corrected chi connectivity index (χ2v) is 5.89. The number of carboxylic acids is 1. The summed E-state index contributed by atoms with van der Waals surface area (Å²) >= 11 is 0. The molecule has 5 heteroatoms. The quantitative estimate of drug-likeness (QED) is 0.885. The molecule has 3 rings (SSSR count). The fraction of sp³-hybridized carbons (Fsp3) is 0.533. The van der Waals surface area contributed by atoms with Crippen molar-refractivity contribution in [1.29, 1.82) is 0 Å². The van der Waals surface area contributed by atoms with Gasteiger partial charge < -0.3 is 10.4 Å². The molecular formula is C15H18N2O3. The number of nitrogens with zero attached hydrogens (tertiary/aromatic N) is 1. The van der Waals surface area contributed by atoms with Gasteiger partial charge in [0.2, 0.25) is 0 Å². The molecule has 2 aliphatic carbocycles. The summed E-state index contributed by atoms with van der Waals surface area (Å²) in [4.78, 5) is 26.6. The summed E-state index contributed by atoms with van der Waals surface area (Å²) in [7, 11) is 0. The number of nitrogens with one attached hydrogen (secondary N) is 1. The first-order valence-electron chi connectivity index (χ1n) is 7.11. The second-order valence-electron chi connectivity index (χ2n) is 5.89. The molecule has 0 radical (unpaired) electrons. The third kappa shape index (κ3) is 2.40. The minimum atomic E-state index is -1.08. The highest BCUT2D eigenvalue weighted by Crippen LogP contribution is 2.56. The van der Waals surface area contributed by atoms with Crippen molar-refractivity contribution in [3.63, 3.8) is 0 Å². The molecular weight excluding hydrogens is 256 g/mol. The minimum absolute atomic E-state index is 0.0447. The van der Waals surface area contributed by atoms with Crippen LogP contribution in [-0.4, -0.2) is 28.0 Å². The van der Waals surface area contributed by atoms with Crippen molar-refractivity contribution in [2.75, 3.05) is 0 Å². The predicted molar refractivity (Wildman–Crippen MR) is 72.6 cm³/mol. The number of aromatic carboxylic acids is 1. The summed E-state index contributed by atoms with van der Waals surface area (Å²) in [5.41, 5.74) is 0.729. The van der Waals surface area contributed by atoms with Gasteiger partial charge in [-0.2, -0.15) is 0 Å². The number of hydrogen-bond donors (Lipinski definition) is 2. The maximum absolute atomic E-state index is 12.1. The van der Waals surface area contributed by atoms with Crippen molar-refractivity contribution in [1.82, 2.24) is 10.3 Å². The molecule has 2 saturated carbocycles. The Hall–Kier alpha value is -1.91. The third-order valence-corrected chi connectivity index (χ3v) is 4.59. The van der Waals surface area contributed by atoms with E-state index in [9.17, 15) is 9.59 Å². The van der Waals surface area contributed by atoms with Crippen LogP contribution < -0.4 is 5.32 Å². The Labute approximate surface area is 117 Å². The van der Waals surface area contributed by atoms with Crippen molar-refractivity contribution in [2.45, 2.75) is 44.6 Å². The second kappa shape index (κ2) is 4.89. The van der Waals surface area contributed by atoms with Gasteiger partial charge in [-0.25, -0.2) is 9.78 Å². The van der Waals surface area contributed by atoms with E-state index >= 15 is 0 Å². The van der Waals surface area contributed by atoms with Crippen LogP contribution >= 0.6 is 0 Å². The van der Waals surface area contributed by atoms with Gasteiger partial charge in [-0.1, -0.05) is 19.3 Å². The molecule has 0 aliphatic heterocycles. The van der Waals surface area contributed by atoms with Crippen molar-refractivity contribution in [3.8, 4) is 0 Å². The average Bonchev–Trinajstić information content (AvgIpc) is 3.11. The molecule has 2 aliphatic rings. The van der Waals surface area contributed by atoms with E-state index < -0.39 is 5.97 Å². The summed E-state index contributed by atoms with van der Waals surface area (Å²) in [6.07, 6.45) is 8.68. The molecule has 106 valence electrons. The van der Waals surface area contributed by atoms with Gasteiger partial charge >= 0.3 is 5.97 Å². The normalized spacial score (nSPS) is 23.3. The highest BCUT2D eigenvalue weighted by atomic mass is 16.4. The zero-order valence-electron chi connectivity index (χ0n) is 11.3. The number of amides is 1. The maximum atomic E-state index is 12.1. The molecule has 1 aromatic heterocycles. The third-order valence-electron chi connectivity index (χ3n) is 4.59. The van der Waals surface area contributed by atoms with E-state index in [1.165, 1.54) is 50.4 Å². The Balaban J connectivity index is 1.61. The topological polar surface area (TPSA) is 79.3 Å². The Bertz CT molecular complexity index is 533. The number of carbonyl (C=O) groups is 2. The highest BCUT2D eigenvalue weighted by molar-refractivity contribution is 5.95. The number of carboxylic acid groups (broad SMARTS) is 1. The Kier molecular flexibility index (Phi) is 3.20. The zero-order chi connectivity index (χ0) is 14.2. The fourth-order valence-electron chi connectivity index (χ4n) is 3.26. The summed E-state index contributed by atoms with van der Waals surface area (Å²) in [6, 6.07) is 3.16. The van der Waals surface area contributed by atoms with Crippen LogP contribution in [0.3, 0.4) is 0 Å². The molecule has 20 heavy (non-hydrogen) atoms. The first kappa shape index (κ1) is 13.1. The molecule has 1 heterocycles. The van der Waals surface area contributed by atoms with Crippen molar-refractivity contribution < 1.29 is 14.7 Å². The van der Waals surface area contributed by atoms with Crippen molar-refractivity contribution in [3.05, 3.63) is 29.6 Å². The summed E-state index contributed by atoms with van der Waals surface area (Å²) < 4.78 is 0. The van der Waals surface area contributed by atoms with Gasteiger partial charge in [-0.15, -0.1) is 0 Å². The predicted octanol–water partition coefficient (Wildman–Crippen LogP) is 2.23. The van der Waals surface area contributed by atoms with E-state index in [-0.39, 0.29) is 17.6 Å². The number of pyridine rings is 1. The van der Waals surface area contributed by atoms with Gasteiger partial charge in [0.05, 0.1) is 5.56 Å². The van der Waals surface area contributed by atoms with Crippen molar-refractivity contribution >= 4 is 11.9 Å². The van der Waals surface area contributed by atoms with Gasteiger partial charge in [-0.3, -0.25) is 4.79 Å². The molecule has 2 fully saturated rings. The summed E-state index contributed by atoms with van der Waals surface area (Å²) in [5, 5.41) is 11.8. The largest absolute Gasteiger partial charge is 0.477 e. The van der Waals surface area contributed by atoms with E-state index in [0.717, 1.165) is 6.42 Å². The number of rotatable bonds is 3. The van der Waals surface area contributed by atoms with Gasteiger partial charge in [-0.05, 0) is 36.8 Å². The van der Waals surface area contributed by atoms with Crippen LogP contribution in [0.2, 0.25) is 0 Å². The summed E-state index contributed by atoms with van der Waals surface area (Å²) in [6.45, 7) is 0.